The molecule has 1 aliphatic heterocycles. The molecule has 2 heterocycles. The summed E-state index contributed by atoms with van der Waals surface area (Å²) in [6.45, 7) is 3.17. The number of aryl methyl sites for hydroxylation is 1. The molecule has 1 N–H and O–H groups in total. The highest BCUT2D eigenvalue weighted by atomic mass is 32.1. The van der Waals surface area contributed by atoms with Gasteiger partial charge >= 0.3 is 0 Å². The molecule has 2 rings (SSSR count). The number of aromatic nitrogens is 2. The van der Waals surface area contributed by atoms with Gasteiger partial charge in [0, 0.05) is 6.54 Å². The summed E-state index contributed by atoms with van der Waals surface area (Å²) < 4.78 is 0. The molecule has 1 saturated heterocycles. The quantitative estimate of drug-likeness (QED) is 0.765. The van der Waals surface area contributed by atoms with Crippen LogP contribution < -0.4 is 4.90 Å². The highest BCUT2D eigenvalue weighted by Gasteiger charge is 2.26. The molecule has 72 valence electrons. The standard InChI is InChI=1S/C8H13N3OS/c1-6-9-10-8(13-6)11-4-2-3-7(11)5-12/h7,12H,2-5H2,1H3. The minimum absolute atomic E-state index is 0.221. The fourth-order valence-corrected chi connectivity index (χ4v) is 2.46. The van der Waals surface area contributed by atoms with Crippen LogP contribution in [0.5, 0.6) is 0 Å². The third-order valence-electron chi connectivity index (χ3n) is 2.35. The van der Waals surface area contributed by atoms with Crippen LogP contribution in [0.3, 0.4) is 0 Å². The first-order valence-electron chi connectivity index (χ1n) is 4.49. The minimum Gasteiger partial charge on any atom is -0.394 e. The summed E-state index contributed by atoms with van der Waals surface area (Å²) in [7, 11) is 0. The van der Waals surface area contributed by atoms with Gasteiger partial charge < -0.3 is 10.0 Å². The minimum atomic E-state index is 0.221. The Labute approximate surface area is 81.2 Å². The summed E-state index contributed by atoms with van der Waals surface area (Å²) in [6.07, 6.45) is 2.21. The van der Waals surface area contributed by atoms with E-state index in [1.165, 1.54) is 0 Å². The summed E-state index contributed by atoms with van der Waals surface area (Å²) in [5.74, 6) is 0. The Balaban J connectivity index is 2.15. The maximum absolute atomic E-state index is 9.12. The Kier molecular flexibility index (Phi) is 2.46. The number of anilines is 1. The largest absolute Gasteiger partial charge is 0.394 e. The van der Waals surface area contributed by atoms with E-state index in [1.54, 1.807) is 11.3 Å². The zero-order valence-corrected chi connectivity index (χ0v) is 8.42. The van der Waals surface area contributed by atoms with Crippen molar-refractivity contribution in [2.24, 2.45) is 0 Å². The number of hydrogen-bond donors (Lipinski definition) is 1. The highest BCUT2D eigenvalue weighted by Crippen LogP contribution is 2.27. The van der Waals surface area contributed by atoms with Crippen LogP contribution in [0.25, 0.3) is 0 Å². The van der Waals surface area contributed by atoms with Crippen molar-refractivity contribution in [3.05, 3.63) is 5.01 Å². The first-order valence-corrected chi connectivity index (χ1v) is 5.30. The van der Waals surface area contributed by atoms with Gasteiger partial charge in [-0.25, -0.2) is 0 Å². The zero-order valence-electron chi connectivity index (χ0n) is 7.60. The topological polar surface area (TPSA) is 49.2 Å². The number of aliphatic hydroxyl groups excluding tert-OH is 1. The third-order valence-corrected chi connectivity index (χ3v) is 3.22. The first-order chi connectivity index (χ1) is 6.31. The van der Waals surface area contributed by atoms with Crippen molar-refractivity contribution in [3.8, 4) is 0 Å². The van der Waals surface area contributed by atoms with Crippen molar-refractivity contribution < 1.29 is 5.11 Å². The van der Waals surface area contributed by atoms with E-state index in [2.05, 4.69) is 15.1 Å². The van der Waals surface area contributed by atoms with Gasteiger partial charge in [0.15, 0.2) is 0 Å². The van der Waals surface area contributed by atoms with Crippen molar-refractivity contribution in [2.45, 2.75) is 25.8 Å². The molecule has 1 aromatic rings. The fraction of sp³-hybridized carbons (Fsp3) is 0.750. The molecule has 1 fully saturated rings. The van der Waals surface area contributed by atoms with Gasteiger partial charge in [0.1, 0.15) is 5.01 Å². The third kappa shape index (κ3) is 1.66. The second kappa shape index (κ2) is 3.59. The molecule has 0 bridgehead atoms. The van der Waals surface area contributed by atoms with Crippen LogP contribution in [0.4, 0.5) is 5.13 Å². The van der Waals surface area contributed by atoms with Crippen molar-refractivity contribution in [2.75, 3.05) is 18.1 Å². The summed E-state index contributed by atoms with van der Waals surface area (Å²) >= 11 is 1.60. The Morgan fingerprint density at radius 1 is 1.62 bits per heavy atom. The SMILES string of the molecule is Cc1nnc(N2CCCC2CO)s1. The second-order valence-electron chi connectivity index (χ2n) is 3.28. The average Bonchev–Trinajstić information content (AvgIpc) is 2.71. The monoisotopic (exact) mass is 199 g/mol. The molecule has 1 unspecified atom stereocenters. The van der Waals surface area contributed by atoms with Gasteiger partial charge in [0.25, 0.3) is 0 Å². The van der Waals surface area contributed by atoms with Crippen molar-refractivity contribution in [1.29, 1.82) is 0 Å². The molecule has 0 aliphatic carbocycles. The van der Waals surface area contributed by atoms with E-state index in [1.807, 2.05) is 6.92 Å². The lowest BCUT2D eigenvalue weighted by Crippen LogP contribution is -2.31. The van der Waals surface area contributed by atoms with E-state index in [9.17, 15) is 0 Å². The molecule has 4 nitrogen and oxygen atoms in total. The van der Waals surface area contributed by atoms with Crippen LogP contribution in [-0.2, 0) is 0 Å². The Morgan fingerprint density at radius 2 is 2.46 bits per heavy atom. The smallest absolute Gasteiger partial charge is 0.208 e. The summed E-state index contributed by atoms with van der Waals surface area (Å²) in [5.41, 5.74) is 0. The van der Waals surface area contributed by atoms with E-state index >= 15 is 0 Å². The molecule has 5 heteroatoms. The molecular weight excluding hydrogens is 186 g/mol. The highest BCUT2D eigenvalue weighted by molar-refractivity contribution is 7.15. The second-order valence-corrected chi connectivity index (χ2v) is 4.44. The molecule has 0 radical (unpaired) electrons. The summed E-state index contributed by atoms with van der Waals surface area (Å²) in [6, 6.07) is 0.257. The van der Waals surface area contributed by atoms with Crippen LogP contribution in [0.15, 0.2) is 0 Å². The molecule has 1 atom stereocenters. The molecule has 0 aromatic carbocycles. The predicted octanol–water partition coefficient (Wildman–Crippen LogP) is 0.808. The number of nitrogens with zero attached hydrogens (tertiary/aromatic N) is 3. The number of hydrogen-bond acceptors (Lipinski definition) is 5. The van der Waals surface area contributed by atoms with Gasteiger partial charge in [-0.05, 0) is 19.8 Å². The lowest BCUT2D eigenvalue weighted by atomic mass is 10.2. The summed E-state index contributed by atoms with van der Waals surface area (Å²) in [4.78, 5) is 2.16. The molecular formula is C8H13N3OS. The summed E-state index contributed by atoms with van der Waals surface area (Å²) in [5, 5.41) is 19.1. The molecule has 0 amide bonds. The van der Waals surface area contributed by atoms with E-state index in [0.717, 1.165) is 29.5 Å². The van der Waals surface area contributed by atoms with Crippen LogP contribution >= 0.6 is 11.3 Å². The van der Waals surface area contributed by atoms with E-state index in [4.69, 9.17) is 5.11 Å². The molecule has 1 aliphatic rings. The van der Waals surface area contributed by atoms with Gasteiger partial charge in [-0.1, -0.05) is 11.3 Å². The Hall–Kier alpha value is -0.680. The van der Waals surface area contributed by atoms with Crippen LogP contribution in [0, 0.1) is 6.92 Å². The molecule has 0 spiro atoms. The van der Waals surface area contributed by atoms with E-state index in [0.29, 0.717) is 0 Å². The maximum atomic E-state index is 9.12. The zero-order chi connectivity index (χ0) is 9.26. The normalized spacial score (nSPS) is 22.6. The first kappa shape index (κ1) is 8.90. The van der Waals surface area contributed by atoms with Crippen LogP contribution in [0.2, 0.25) is 0 Å². The van der Waals surface area contributed by atoms with Gasteiger partial charge in [-0.3, -0.25) is 0 Å². The molecule has 0 saturated carbocycles. The van der Waals surface area contributed by atoms with Gasteiger partial charge in [0.2, 0.25) is 5.13 Å². The van der Waals surface area contributed by atoms with E-state index in [-0.39, 0.29) is 12.6 Å². The Morgan fingerprint density at radius 3 is 3.08 bits per heavy atom. The van der Waals surface area contributed by atoms with Crippen LogP contribution in [-0.4, -0.2) is 34.5 Å². The Bertz CT molecular complexity index is 289. The average molecular weight is 199 g/mol. The lowest BCUT2D eigenvalue weighted by Gasteiger charge is -2.20. The van der Waals surface area contributed by atoms with Crippen LogP contribution in [0.1, 0.15) is 17.8 Å². The van der Waals surface area contributed by atoms with Gasteiger partial charge in [-0.2, -0.15) is 0 Å². The van der Waals surface area contributed by atoms with Crippen molar-refractivity contribution in [3.63, 3.8) is 0 Å². The number of rotatable bonds is 2. The van der Waals surface area contributed by atoms with Crippen molar-refractivity contribution >= 4 is 16.5 Å². The lowest BCUT2D eigenvalue weighted by molar-refractivity contribution is 0.266. The van der Waals surface area contributed by atoms with Crippen molar-refractivity contribution in [1.82, 2.24) is 10.2 Å². The molecule has 13 heavy (non-hydrogen) atoms. The predicted molar refractivity (Wildman–Crippen MR) is 52.1 cm³/mol. The molecule has 1 aromatic heterocycles. The van der Waals surface area contributed by atoms with E-state index < -0.39 is 0 Å². The maximum Gasteiger partial charge on any atom is 0.208 e. The fourth-order valence-electron chi connectivity index (χ4n) is 1.68. The van der Waals surface area contributed by atoms with Gasteiger partial charge in [-0.15, -0.1) is 10.2 Å². The number of aliphatic hydroxyl groups is 1. The van der Waals surface area contributed by atoms with Gasteiger partial charge in [0.05, 0.1) is 12.6 Å².